The van der Waals surface area contributed by atoms with Crippen LogP contribution in [0.2, 0.25) is 0 Å². The molecule has 2 heterocycles. The molecule has 2 N–H and O–H groups in total. The summed E-state index contributed by atoms with van der Waals surface area (Å²) in [6, 6.07) is 0. The van der Waals surface area contributed by atoms with Crippen LogP contribution in [0.1, 0.15) is 19.2 Å². The molecule has 0 saturated carbocycles. The highest BCUT2D eigenvalue weighted by atomic mass is 79.9. The highest BCUT2D eigenvalue weighted by Gasteiger charge is 2.06. The fourth-order valence-electron chi connectivity index (χ4n) is 1.44. The van der Waals surface area contributed by atoms with Gasteiger partial charge in [-0.15, -0.1) is 0 Å². The van der Waals surface area contributed by atoms with E-state index in [0.717, 1.165) is 29.1 Å². The standard InChI is InChI=1S/C11H16BrN7/c1-3-4-13-11-15-5-8(12)10(17-11)14-6-9-16-7-19(2)18-9/h5,7H,3-4,6H2,1-2H3,(H2,13,14,15,17). The molecule has 0 aliphatic rings. The van der Waals surface area contributed by atoms with Gasteiger partial charge in [0.05, 0.1) is 11.0 Å². The van der Waals surface area contributed by atoms with Crippen LogP contribution in [0.15, 0.2) is 17.0 Å². The molecule has 0 bridgehead atoms. The van der Waals surface area contributed by atoms with E-state index in [-0.39, 0.29) is 0 Å². The van der Waals surface area contributed by atoms with Crippen molar-refractivity contribution in [1.82, 2.24) is 24.7 Å². The van der Waals surface area contributed by atoms with Crippen molar-refractivity contribution in [2.24, 2.45) is 7.05 Å². The fraction of sp³-hybridized carbons (Fsp3) is 0.455. The number of nitrogens with one attached hydrogen (secondary N) is 2. The van der Waals surface area contributed by atoms with Gasteiger partial charge >= 0.3 is 0 Å². The summed E-state index contributed by atoms with van der Waals surface area (Å²) < 4.78 is 2.48. The number of nitrogens with zero attached hydrogens (tertiary/aromatic N) is 5. The summed E-state index contributed by atoms with van der Waals surface area (Å²) in [5.41, 5.74) is 0. The van der Waals surface area contributed by atoms with Gasteiger partial charge in [0.2, 0.25) is 5.95 Å². The molecule has 102 valence electrons. The first-order valence-electron chi connectivity index (χ1n) is 6.04. The summed E-state index contributed by atoms with van der Waals surface area (Å²) in [5, 5.41) is 10.5. The monoisotopic (exact) mass is 325 g/mol. The Morgan fingerprint density at radius 2 is 2.16 bits per heavy atom. The molecule has 0 amide bonds. The summed E-state index contributed by atoms with van der Waals surface area (Å²) >= 11 is 3.42. The van der Waals surface area contributed by atoms with Gasteiger partial charge in [0.25, 0.3) is 0 Å². The Kier molecular flexibility index (Phi) is 4.67. The van der Waals surface area contributed by atoms with E-state index in [1.54, 1.807) is 17.2 Å². The maximum atomic E-state index is 4.39. The number of rotatable bonds is 6. The van der Waals surface area contributed by atoms with Crippen LogP contribution >= 0.6 is 15.9 Å². The lowest BCUT2D eigenvalue weighted by Gasteiger charge is -2.08. The number of hydrogen-bond acceptors (Lipinski definition) is 6. The van der Waals surface area contributed by atoms with Gasteiger partial charge in [0.1, 0.15) is 12.1 Å². The van der Waals surface area contributed by atoms with Crippen LogP contribution < -0.4 is 10.6 Å². The maximum absolute atomic E-state index is 4.39. The minimum absolute atomic E-state index is 0.518. The van der Waals surface area contributed by atoms with E-state index in [2.05, 4.69) is 53.5 Å². The molecule has 0 aliphatic carbocycles. The predicted molar refractivity (Wildman–Crippen MR) is 76.8 cm³/mol. The first-order chi connectivity index (χ1) is 9.19. The predicted octanol–water partition coefficient (Wildman–Crippen LogP) is 1.80. The van der Waals surface area contributed by atoms with Gasteiger partial charge in [-0.1, -0.05) is 6.92 Å². The van der Waals surface area contributed by atoms with Crippen molar-refractivity contribution >= 4 is 27.7 Å². The van der Waals surface area contributed by atoms with Gasteiger partial charge < -0.3 is 10.6 Å². The number of anilines is 2. The van der Waals surface area contributed by atoms with E-state index >= 15 is 0 Å². The van der Waals surface area contributed by atoms with Crippen LogP contribution in [-0.4, -0.2) is 31.3 Å². The molecule has 0 atom stereocenters. The zero-order valence-electron chi connectivity index (χ0n) is 10.9. The van der Waals surface area contributed by atoms with Crippen molar-refractivity contribution < 1.29 is 0 Å². The lowest BCUT2D eigenvalue weighted by molar-refractivity contribution is 0.747. The Hall–Kier alpha value is -1.70. The molecule has 19 heavy (non-hydrogen) atoms. The third-order valence-electron chi connectivity index (χ3n) is 2.34. The highest BCUT2D eigenvalue weighted by molar-refractivity contribution is 9.10. The van der Waals surface area contributed by atoms with Crippen LogP contribution in [0, 0.1) is 0 Å². The van der Waals surface area contributed by atoms with Gasteiger partial charge in [-0.25, -0.2) is 9.97 Å². The van der Waals surface area contributed by atoms with Crippen molar-refractivity contribution in [2.75, 3.05) is 17.2 Å². The summed E-state index contributed by atoms with van der Waals surface area (Å²) in [7, 11) is 1.84. The van der Waals surface area contributed by atoms with Crippen LogP contribution in [0.25, 0.3) is 0 Å². The Labute approximate surface area is 120 Å². The smallest absolute Gasteiger partial charge is 0.224 e. The molecule has 0 aliphatic heterocycles. The lowest BCUT2D eigenvalue weighted by atomic mass is 10.5. The van der Waals surface area contributed by atoms with Gasteiger partial charge in [-0.05, 0) is 22.4 Å². The highest BCUT2D eigenvalue weighted by Crippen LogP contribution is 2.20. The minimum Gasteiger partial charge on any atom is -0.362 e. The van der Waals surface area contributed by atoms with Gasteiger partial charge in [0.15, 0.2) is 5.82 Å². The average molecular weight is 326 g/mol. The number of hydrogen-bond donors (Lipinski definition) is 2. The van der Waals surface area contributed by atoms with E-state index in [4.69, 9.17) is 0 Å². The molecule has 2 rings (SSSR count). The maximum Gasteiger partial charge on any atom is 0.224 e. The third kappa shape index (κ3) is 3.88. The Morgan fingerprint density at radius 3 is 2.84 bits per heavy atom. The molecule has 0 radical (unpaired) electrons. The summed E-state index contributed by atoms with van der Waals surface area (Å²) in [5.74, 6) is 2.05. The number of aryl methyl sites for hydroxylation is 1. The van der Waals surface area contributed by atoms with Crippen molar-refractivity contribution in [3.8, 4) is 0 Å². The quantitative estimate of drug-likeness (QED) is 0.843. The van der Waals surface area contributed by atoms with E-state index in [1.807, 2.05) is 7.05 Å². The lowest BCUT2D eigenvalue weighted by Crippen LogP contribution is -2.09. The number of aromatic nitrogens is 5. The Bertz CT molecular complexity index is 540. The fourth-order valence-corrected chi connectivity index (χ4v) is 1.77. The third-order valence-corrected chi connectivity index (χ3v) is 2.92. The average Bonchev–Trinajstić information content (AvgIpc) is 2.82. The van der Waals surface area contributed by atoms with Crippen LogP contribution in [0.5, 0.6) is 0 Å². The molecule has 0 unspecified atom stereocenters. The number of halogens is 1. The molecular formula is C11H16BrN7. The van der Waals surface area contributed by atoms with Crippen molar-refractivity contribution in [3.05, 3.63) is 22.8 Å². The molecule has 7 nitrogen and oxygen atoms in total. The van der Waals surface area contributed by atoms with Crippen LogP contribution in [0.3, 0.4) is 0 Å². The van der Waals surface area contributed by atoms with Crippen LogP contribution in [0.4, 0.5) is 11.8 Å². The van der Waals surface area contributed by atoms with Crippen molar-refractivity contribution in [2.45, 2.75) is 19.9 Å². The summed E-state index contributed by atoms with van der Waals surface area (Å²) in [6.45, 7) is 3.46. The van der Waals surface area contributed by atoms with Crippen molar-refractivity contribution in [3.63, 3.8) is 0 Å². The first-order valence-corrected chi connectivity index (χ1v) is 6.83. The van der Waals surface area contributed by atoms with Gasteiger partial charge in [-0.2, -0.15) is 10.1 Å². The van der Waals surface area contributed by atoms with Crippen molar-refractivity contribution in [1.29, 1.82) is 0 Å². The molecule has 2 aromatic heterocycles. The second-order valence-electron chi connectivity index (χ2n) is 4.00. The normalized spacial score (nSPS) is 10.5. The zero-order valence-corrected chi connectivity index (χ0v) is 12.5. The van der Waals surface area contributed by atoms with Crippen LogP contribution in [-0.2, 0) is 13.6 Å². The molecule has 0 aromatic carbocycles. The first kappa shape index (κ1) is 13.7. The largest absolute Gasteiger partial charge is 0.362 e. The molecular weight excluding hydrogens is 310 g/mol. The molecule has 0 saturated heterocycles. The summed E-state index contributed by atoms with van der Waals surface area (Å²) in [4.78, 5) is 12.7. The second kappa shape index (κ2) is 6.46. The van der Waals surface area contributed by atoms with E-state index in [1.165, 1.54) is 0 Å². The minimum atomic E-state index is 0.518. The zero-order chi connectivity index (χ0) is 13.7. The Morgan fingerprint density at radius 1 is 1.32 bits per heavy atom. The molecule has 8 heteroatoms. The summed E-state index contributed by atoms with van der Waals surface area (Å²) in [6.07, 6.45) is 4.42. The molecule has 0 spiro atoms. The van der Waals surface area contributed by atoms with E-state index in [0.29, 0.717) is 12.5 Å². The molecule has 2 aromatic rings. The van der Waals surface area contributed by atoms with E-state index < -0.39 is 0 Å². The molecule has 0 fully saturated rings. The topological polar surface area (TPSA) is 80.5 Å². The van der Waals surface area contributed by atoms with E-state index in [9.17, 15) is 0 Å². The second-order valence-corrected chi connectivity index (χ2v) is 4.86. The van der Waals surface area contributed by atoms with Gasteiger partial charge in [0, 0.05) is 19.8 Å². The van der Waals surface area contributed by atoms with Gasteiger partial charge in [-0.3, -0.25) is 4.68 Å². The Balaban J connectivity index is 2.02. The SMILES string of the molecule is CCCNc1ncc(Br)c(NCc2ncn(C)n2)n1.